The van der Waals surface area contributed by atoms with Crippen LogP contribution in [-0.4, -0.2) is 50.9 Å². The Hall–Kier alpha value is -2.57. The molecule has 0 spiro atoms. The molecule has 0 amide bonds. The molecule has 0 bridgehead atoms. The zero-order valence-electron chi connectivity index (χ0n) is 16.0. The van der Waals surface area contributed by atoms with Crippen LogP contribution in [0.2, 0.25) is 0 Å². The van der Waals surface area contributed by atoms with Gasteiger partial charge in [-0.1, -0.05) is 6.07 Å². The summed E-state index contributed by atoms with van der Waals surface area (Å²) in [6.07, 6.45) is 0.184. The Morgan fingerprint density at radius 2 is 1.78 bits per heavy atom. The first-order chi connectivity index (χ1) is 13.0. The molecule has 0 fully saturated rings. The van der Waals surface area contributed by atoms with Gasteiger partial charge in [0.1, 0.15) is 18.5 Å². The summed E-state index contributed by atoms with van der Waals surface area (Å²) in [5.74, 6) is 2.06. The van der Waals surface area contributed by atoms with E-state index >= 15 is 0 Å². The van der Waals surface area contributed by atoms with E-state index in [1.54, 1.807) is 38.5 Å². The predicted molar refractivity (Wildman–Crippen MR) is 104 cm³/mol. The van der Waals surface area contributed by atoms with Gasteiger partial charge in [0.25, 0.3) is 0 Å². The molecule has 0 aromatic heterocycles. The number of Topliss-reactive ketones (excluding diaryl/α,β-unsaturated/α-hetero) is 1. The number of aliphatic hydroxyl groups excluding tert-OH is 1. The summed E-state index contributed by atoms with van der Waals surface area (Å²) in [4.78, 5) is 11.2. The van der Waals surface area contributed by atoms with Gasteiger partial charge in [-0.2, -0.15) is 0 Å². The summed E-state index contributed by atoms with van der Waals surface area (Å²) in [6, 6.07) is 12.7. The smallest absolute Gasteiger partial charge is 0.160 e. The molecule has 27 heavy (non-hydrogen) atoms. The minimum absolute atomic E-state index is 0.0141. The fourth-order valence-electron chi connectivity index (χ4n) is 2.57. The lowest BCUT2D eigenvalue weighted by Gasteiger charge is -2.14. The van der Waals surface area contributed by atoms with Gasteiger partial charge in [-0.3, -0.25) is 4.79 Å². The van der Waals surface area contributed by atoms with Crippen molar-refractivity contribution in [3.05, 3.63) is 53.6 Å². The second kappa shape index (κ2) is 10.5. The highest BCUT2D eigenvalue weighted by Crippen LogP contribution is 2.27. The SMILES string of the molecule is COc1ccc(CCNC[C@H](O)COc2ccc(C(C)=O)cc2)cc1OC. The highest BCUT2D eigenvalue weighted by Gasteiger charge is 2.07. The van der Waals surface area contributed by atoms with E-state index in [1.165, 1.54) is 6.92 Å². The van der Waals surface area contributed by atoms with Crippen LogP contribution < -0.4 is 19.5 Å². The first kappa shape index (κ1) is 20.7. The Kier molecular flexibility index (Phi) is 8.10. The molecule has 0 unspecified atom stereocenters. The van der Waals surface area contributed by atoms with Crippen molar-refractivity contribution in [2.24, 2.45) is 0 Å². The van der Waals surface area contributed by atoms with Crippen molar-refractivity contribution in [2.45, 2.75) is 19.4 Å². The lowest BCUT2D eigenvalue weighted by molar-refractivity contribution is 0.101. The zero-order valence-corrected chi connectivity index (χ0v) is 16.0. The number of nitrogens with one attached hydrogen (secondary N) is 1. The highest BCUT2D eigenvalue weighted by molar-refractivity contribution is 5.94. The molecule has 6 heteroatoms. The van der Waals surface area contributed by atoms with Gasteiger partial charge in [-0.05, 0) is 61.9 Å². The van der Waals surface area contributed by atoms with E-state index in [2.05, 4.69) is 5.32 Å². The molecule has 0 heterocycles. The molecule has 1 atom stereocenters. The molecule has 0 aliphatic heterocycles. The third-order valence-electron chi connectivity index (χ3n) is 4.12. The van der Waals surface area contributed by atoms with E-state index in [-0.39, 0.29) is 12.4 Å². The lowest BCUT2D eigenvalue weighted by Crippen LogP contribution is -2.32. The Bertz CT molecular complexity index is 730. The minimum Gasteiger partial charge on any atom is -0.493 e. The number of ether oxygens (including phenoxy) is 3. The molecule has 2 N–H and O–H groups in total. The fraction of sp³-hybridized carbons (Fsp3) is 0.381. The summed E-state index contributed by atoms with van der Waals surface area (Å²) >= 11 is 0. The number of rotatable bonds is 11. The summed E-state index contributed by atoms with van der Waals surface area (Å²) in [5, 5.41) is 13.2. The second-order valence-corrected chi connectivity index (χ2v) is 6.19. The molecular weight excluding hydrogens is 346 g/mol. The van der Waals surface area contributed by atoms with E-state index in [9.17, 15) is 9.90 Å². The monoisotopic (exact) mass is 373 g/mol. The average Bonchev–Trinajstić information content (AvgIpc) is 2.69. The van der Waals surface area contributed by atoms with Gasteiger partial charge < -0.3 is 24.6 Å². The van der Waals surface area contributed by atoms with Crippen molar-refractivity contribution in [2.75, 3.05) is 33.9 Å². The maximum absolute atomic E-state index is 11.2. The van der Waals surface area contributed by atoms with Crippen molar-refractivity contribution >= 4 is 5.78 Å². The van der Waals surface area contributed by atoms with E-state index < -0.39 is 6.10 Å². The van der Waals surface area contributed by atoms with Crippen LogP contribution in [0.15, 0.2) is 42.5 Å². The van der Waals surface area contributed by atoms with Crippen molar-refractivity contribution in [3.8, 4) is 17.2 Å². The normalized spacial score (nSPS) is 11.7. The molecule has 2 aromatic rings. The first-order valence-corrected chi connectivity index (χ1v) is 8.87. The van der Waals surface area contributed by atoms with Crippen LogP contribution in [0, 0.1) is 0 Å². The van der Waals surface area contributed by atoms with Crippen LogP contribution in [0.4, 0.5) is 0 Å². The standard InChI is InChI=1S/C21H27NO5/c1-15(23)17-5-7-19(8-6-17)27-14-18(24)13-22-11-10-16-4-9-20(25-2)21(12-16)26-3/h4-9,12,18,22,24H,10-11,13-14H2,1-3H3/t18-/m0/s1. The minimum atomic E-state index is -0.622. The summed E-state index contributed by atoms with van der Waals surface area (Å²) < 4.78 is 16.1. The van der Waals surface area contributed by atoms with Gasteiger partial charge in [0, 0.05) is 12.1 Å². The van der Waals surface area contributed by atoms with Crippen LogP contribution in [-0.2, 0) is 6.42 Å². The molecule has 0 saturated heterocycles. The van der Waals surface area contributed by atoms with Crippen LogP contribution >= 0.6 is 0 Å². The fourth-order valence-corrected chi connectivity index (χ4v) is 2.57. The van der Waals surface area contributed by atoms with Crippen LogP contribution in [0.1, 0.15) is 22.8 Å². The molecule has 0 radical (unpaired) electrons. The van der Waals surface area contributed by atoms with Crippen molar-refractivity contribution in [1.82, 2.24) is 5.32 Å². The van der Waals surface area contributed by atoms with Crippen molar-refractivity contribution in [1.29, 1.82) is 0 Å². The van der Waals surface area contributed by atoms with E-state index in [1.807, 2.05) is 18.2 Å². The second-order valence-electron chi connectivity index (χ2n) is 6.19. The third kappa shape index (κ3) is 6.58. The number of hydrogen-bond donors (Lipinski definition) is 2. The number of benzene rings is 2. The van der Waals surface area contributed by atoms with Gasteiger partial charge in [-0.25, -0.2) is 0 Å². The zero-order chi connectivity index (χ0) is 19.6. The van der Waals surface area contributed by atoms with E-state index in [0.717, 1.165) is 18.5 Å². The maximum atomic E-state index is 11.2. The Morgan fingerprint density at radius 3 is 2.41 bits per heavy atom. The quantitative estimate of drug-likeness (QED) is 0.465. The highest BCUT2D eigenvalue weighted by atomic mass is 16.5. The van der Waals surface area contributed by atoms with Gasteiger partial charge in [-0.15, -0.1) is 0 Å². The molecule has 0 aliphatic rings. The van der Waals surface area contributed by atoms with Crippen LogP contribution in [0.3, 0.4) is 0 Å². The molecular formula is C21H27NO5. The molecule has 2 rings (SSSR count). The first-order valence-electron chi connectivity index (χ1n) is 8.87. The van der Waals surface area contributed by atoms with Crippen LogP contribution in [0.25, 0.3) is 0 Å². The van der Waals surface area contributed by atoms with Gasteiger partial charge in [0.15, 0.2) is 17.3 Å². The number of carbonyl (C=O) groups is 1. The van der Waals surface area contributed by atoms with Crippen molar-refractivity contribution in [3.63, 3.8) is 0 Å². The molecule has 0 aliphatic carbocycles. The topological polar surface area (TPSA) is 77.0 Å². The molecule has 6 nitrogen and oxygen atoms in total. The third-order valence-corrected chi connectivity index (χ3v) is 4.12. The predicted octanol–water partition coefficient (Wildman–Crippen LogP) is 2.48. The lowest BCUT2D eigenvalue weighted by atomic mass is 10.1. The number of hydrogen-bond acceptors (Lipinski definition) is 6. The molecule has 0 saturated carbocycles. The Labute approximate surface area is 160 Å². The largest absolute Gasteiger partial charge is 0.493 e. The summed E-state index contributed by atoms with van der Waals surface area (Å²) in [5.41, 5.74) is 1.76. The Balaban J connectivity index is 1.68. The summed E-state index contributed by atoms with van der Waals surface area (Å²) in [6.45, 7) is 2.86. The van der Waals surface area contributed by atoms with Gasteiger partial charge in [0.05, 0.1) is 14.2 Å². The van der Waals surface area contributed by atoms with Crippen molar-refractivity contribution < 1.29 is 24.1 Å². The van der Waals surface area contributed by atoms with E-state index in [0.29, 0.717) is 29.4 Å². The van der Waals surface area contributed by atoms with E-state index in [4.69, 9.17) is 14.2 Å². The number of aliphatic hydroxyl groups is 1. The maximum Gasteiger partial charge on any atom is 0.160 e. The Morgan fingerprint density at radius 1 is 1.07 bits per heavy atom. The average molecular weight is 373 g/mol. The van der Waals surface area contributed by atoms with Gasteiger partial charge >= 0.3 is 0 Å². The molecule has 146 valence electrons. The molecule has 2 aromatic carbocycles. The number of ketones is 1. The van der Waals surface area contributed by atoms with Gasteiger partial charge in [0.2, 0.25) is 0 Å². The number of carbonyl (C=O) groups excluding carboxylic acids is 1. The summed E-state index contributed by atoms with van der Waals surface area (Å²) in [7, 11) is 3.23. The van der Waals surface area contributed by atoms with Crippen LogP contribution in [0.5, 0.6) is 17.2 Å². The number of methoxy groups -OCH3 is 2.